The number of methoxy groups -OCH3 is 1. The third-order valence-electron chi connectivity index (χ3n) is 4.80. The van der Waals surface area contributed by atoms with Crippen molar-refractivity contribution in [2.24, 2.45) is 5.41 Å². The number of carbonyl (C=O) groups excluding carboxylic acids is 3. The van der Waals surface area contributed by atoms with Gasteiger partial charge >= 0.3 is 11.9 Å². The second-order valence-corrected chi connectivity index (χ2v) is 8.56. The highest BCUT2D eigenvalue weighted by atomic mass is 31.2. The number of carbonyl (C=O) groups is 3. The Morgan fingerprint density at radius 2 is 1.62 bits per heavy atom. The first-order valence-corrected chi connectivity index (χ1v) is 11.1. The van der Waals surface area contributed by atoms with Crippen molar-refractivity contribution in [3.63, 3.8) is 0 Å². The van der Waals surface area contributed by atoms with Gasteiger partial charge in [0.1, 0.15) is 11.0 Å². The maximum atomic E-state index is 13.6. The summed E-state index contributed by atoms with van der Waals surface area (Å²) < 4.78 is 25.4. The van der Waals surface area contributed by atoms with Crippen LogP contribution >= 0.6 is 7.57 Å². The van der Waals surface area contributed by atoms with Crippen molar-refractivity contribution in [1.82, 2.24) is 0 Å². The fourth-order valence-corrected chi connectivity index (χ4v) is 4.77. The van der Waals surface area contributed by atoms with Crippen LogP contribution in [0.15, 0.2) is 29.8 Å². The molecule has 0 amide bonds. The summed E-state index contributed by atoms with van der Waals surface area (Å²) in [4.78, 5) is 50.7. The van der Waals surface area contributed by atoms with Crippen LogP contribution in [0.4, 0.5) is 0 Å². The second-order valence-electron chi connectivity index (χ2n) is 6.34. The summed E-state index contributed by atoms with van der Waals surface area (Å²) in [6.07, 6.45) is 0. The minimum atomic E-state index is -4.17. The number of nitriles is 1. The minimum Gasteiger partial charge on any atom is -0.497 e. The molecule has 0 aromatic heterocycles. The van der Waals surface area contributed by atoms with E-state index in [9.17, 15) is 24.5 Å². The van der Waals surface area contributed by atoms with Crippen molar-refractivity contribution in [2.45, 2.75) is 13.8 Å². The van der Waals surface area contributed by atoms with E-state index in [2.05, 4.69) is 0 Å². The van der Waals surface area contributed by atoms with Crippen molar-refractivity contribution < 1.29 is 42.5 Å². The Balaban J connectivity index is 3.12. The molecule has 1 aliphatic carbocycles. The van der Waals surface area contributed by atoms with Crippen LogP contribution in [0.3, 0.4) is 0 Å². The zero-order valence-electron chi connectivity index (χ0n) is 18.3. The Morgan fingerprint density at radius 1 is 1.06 bits per heavy atom. The lowest BCUT2D eigenvalue weighted by atomic mass is 9.78. The zero-order valence-corrected chi connectivity index (χ0v) is 19.2. The highest BCUT2D eigenvalue weighted by molar-refractivity contribution is 7.65. The summed E-state index contributed by atoms with van der Waals surface area (Å²) in [7, 11) is -0.574. The average Bonchev–Trinajstić information content (AvgIpc) is 3.08. The standard InChI is InChI=1S/C21H24NO9P/c1-6-30-19(24)15-16(13-8-10-14(27-3)11-9-13)21(12-22,20(25)31-7-2)18(23)17(15)32(26,28-4)29-5/h8-11,26H,6-7H2,1-5H3. The van der Waals surface area contributed by atoms with E-state index >= 15 is 0 Å². The number of esters is 2. The van der Waals surface area contributed by atoms with Crippen LogP contribution in [0, 0.1) is 16.7 Å². The van der Waals surface area contributed by atoms with E-state index in [0.717, 1.165) is 14.2 Å². The van der Waals surface area contributed by atoms with Crippen molar-refractivity contribution in [1.29, 1.82) is 5.26 Å². The van der Waals surface area contributed by atoms with Gasteiger partial charge in [-0.2, -0.15) is 5.26 Å². The van der Waals surface area contributed by atoms with Gasteiger partial charge in [-0.05, 0) is 31.5 Å². The highest BCUT2D eigenvalue weighted by Gasteiger charge is 2.63. The Labute approximate surface area is 185 Å². The molecule has 11 heteroatoms. The number of nitrogens with zero attached hydrogens (tertiary/aromatic N) is 1. The topological polar surface area (TPSA) is 141 Å². The van der Waals surface area contributed by atoms with Gasteiger partial charge < -0.3 is 28.2 Å². The molecule has 172 valence electrons. The number of hydrogen-bond acceptors (Lipinski definition) is 10. The first kappa shape index (κ1) is 25.3. The van der Waals surface area contributed by atoms with Crippen LogP contribution in [0.25, 0.3) is 5.57 Å². The molecule has 0 aliphatic heterocycles. The van der Waals surface area contributed by atoms with E-state index in [0.29, 0.717) is 5.75 Å². The molecular formula is C21H24NO9P. The quantitative estimate of drug-likeness (QED) is 0.344. The maximum absolute atomic E-state index is 13.6. The molecule has 0 saturated heterocycles. The van der Waals surface area contributed by atoms with Crippen molar-refractivity contribution in [3.8, 4) is 11.8 Å². The van der Waals surface area contributed by atoms with Gasteiger partial charge in [0.2, 0.25) is 11.2 Å². The number of rotatable bonds is 8. The van der Waals surface area contributed by atoms with Crippen molar-refractivity contribution >= 4 is 36.2 Å². The molecule has 0 saturated carbocycles. The smallest absolute Gasteiger partial charge is 0.339 e. The monoisotopic (exact) mass is 465 g/mol. The maximum Gasteiger partial charge on any atom is 0.339 e. The molecule has 32 heavy (non-hydrogen) atoms. The molecule has 1 aliphatic rings. The minimum absolute atomic E-state index is 0.0739. The molecule has 1 atom stereocenters. The molecular weight excluding hydrogens is 441 g/mol. The van der Waals surface area contributed by atoms with Gasteiger partial charge in [0, 0.05) is 19.8 Å². The largest absolute Gasteiger partial charge is 0.497 e. The van der Waals surface area contributed by atoms with E-state index in [-0.39, 0.29) is 24.4 Å². The summed E-state index contributed by atoms with van der Waals surface area (Å²) >= 11 is 0. The van der Waals surface area contributed by atoms with E-state index in [1.54, 1.807) is 13.0 Å². The van der Waals surface area contributed by atoms with E-state index in [4.69, 9.17) is 23.3 Å². The molecule has 0 heterocycles. The van der Waals surface area contributed by atoms with Crippen LogP contribution in [0.2, 0.25) is 0 Å². The number of ketones is 1. The molecule has 2 rings (SSSR count). The van der Waals surface area contributed by atoms with Crippen LogP contribution in [0.1, 0.15) is 19.4 Å². The van der Waals surface area contributed by atoms with Gasteiger partial charge in [0.25, 0.3) is 7.57 Å². The van der Waals surface area contributed by atoms with E-state index < -0.39 is 41.6 Å². The first-order chi connectivity index (χ1) is 15.2. The molecule has 0 fully saturated rings. The average molecular weight is 465 g/mol. The summed E-state index contributed by atoms with van der Waals surface area (Å²) in [5.41, 5.74) is -3.18. The number of hydrogen-bond donors (Lipinski definition) is 1. The van der Waals surface area contributed by atoms with Gasteiger partial charge in [-0.15, -0.1) is 0 Å². The molecule has 10 nitrogen and oxygen atoms in total. The zero-order chi connectivity index (χ0) is 24.1. The molecule has 0 spiro atoms. The fourth-order valence-electron chi connectivity index (χ4n) is 3.34. The van der Waals surface area contributed by atoms with Crippen LogP contribution in [-0.2, 0) is 32.9 Å². The van der Waals surface area contributed by atoms with Gasteiger partial charge in [0.15, 0.2) is 0 Å². The molecule has 1 N–H and O–H groups in total. The molecule has 1 aromatic rings. The van der Waals surface area contributed by atoms with Gasteiger partial charge in [-0.1, -0.05) is 12.1 Å². The van der Waals surface area contributed by atoms with Gasteiger partial charge in [-0.3, -0.25) is 4.79 Å². The lowest BCUT2D eigenvalue weighted by molar-refractivity contribution is -0.151. The van der Waals surface area contributed by atoms with Gasteiger partial charge in [-0.25, -0.2) is 9.59 Å². The second kappa shape index (κ2) is 10.1. The predicted molar refractivity (Wildman–Crippen MR) is 114 cm³/mol. The summed E-state index contributed by atoms with van der Waals surface area (Å²) in [6, 6.07) is 7.69. The van der Waals surface area contributed by atoms with Gasteiger partial charge in [0.05, 0.1) is 32.0 Å². The van der Waals surface area contributed by atoms with Crippen molar-refractivity contribution in [3.05, 3.63) is 35.4 Å². The van der Waals surface area contributed by atoms with Crippen LogP contribution in [-0.4, -0.2) is 62.5 Å². The third kappa shape index (κ3) is 3.96. The predicted octanol–water partition coefficient (Wildman–Crippen LogP) is 1.89. The first-order valence-electron chi connectivity index (χ1n) is 9.52. The van der Waals surface area contributed by atoms with E-state index in [1.807, 2.05) is 0 Å². The lowest BCUT2D eigenvalue weighted by Gasteiger charge is -2.22. The van der Waals surface area contributed by atoms with Crippen molar-refractivity contribution in [2.75, 3.05) is 34.5 Å². The Morgan fingerprint density at radius 3 is 2.06 bits per heavy atom. The highest BCUT2D eigenvalue weighted by Crippen LogP contribution is 2.56. The Kier molecular flexibility index (Phi) is 7.99. The number of Topliss-reactive ketones (excluding diaryl/α,β-unsaturated/α-hetero) is 1. The Hall–Kier alpha value is -2.96. The summed E-state index contributed by atoms with van der Waals surface area (Å²) in [6.45, 7) is 2.83. The normalized spacial score (nSPS) is 18.4. The van der Waals surface area contributed by atoms with E-state index in [1.165, 1.54) is 38.3 Å². The Bertz CT molecular complexity index is 1040. The number of benzene rings is 1. The molecule has 0 radical (unpaired) electrons. The molecule has 1 aromatic carbocycles. The number of ether oxygens (including phenoxy) is 3. The van der Waals surface area contributed by atoms with Crippen LogP contribution in [0.5, 0.6) is 5.75 Å². The third-order valence-corrected chi connectivity index (χ3v) is 6.78. The van der Waals surface area contributed by atoms with Crippen LogP contribution < -0.4 is 4.74 Å². The summed E-state index contributed by atoms with van der Waals surface area (Å²) in [5, 5.41) is 9.49. The SMILES string of the molecule is CCOC(=O)C1=C(c2ccc(OC)cc2)C(C#N)(C(=O)OCC)C(=O)C1=P(O)(OC)OC. The molecule has 0 bridgehead atoms. The lowest BCUT2D eigenvalue weighted by Crippen LogP contribution is -2.40. The summed E-state index contributed by atoms with van der Waals surface area (Å²) in [5.74, 6) is -2.95. The fraction of sp³-hybridized carbons (Fsp3) is 0.381. The molecule has 1 unspecified atom stereocenters.